The molecular weight excluding hydrogens is 170 g/mol. The average Bonchev–Trinajstić information content (AvgIpc) is 2.23. The van der Waals surface area contributed by atoms with Crippen LogP contribution in [0.1, 0.15) is 5.69 Å². The molecule has 1 aromatic carbocycles. The maximum Gasteiger partial charge on any atom is 0.185 e. The highest BCUT2D eigenvalue weighted by Crippen LogP contribution is 2.19. The van der Waals surface area contributed by atoms with E-state index in [1.807, 2.05) is 6.07 Å². The van der Waals surface area contributed by atoms with Crippen molar-refractivity contribution in [2.24, 2.45) is 7.05 Å². The molecule has 0 radical (unpaired) electrons. The van der Waals surface area contributed by atoms with Crippen molar-refractivity contribution in [1.82, 2.24) is 0 Å². The Hall–Kier alpha value is -1.63. The Kier molecular flexibility index (Phi) is 2.32. The summed E-state index contributed by atoms with van der Waals surface area (Å²) < 4.78 is 2.14. The number of nitrogens with zero attached hydrogens (tertiary/aromatic N) is 1. The number of hydrogen-bond donors (Lipinski definition) is 0. The number of pyridine rings is 1. The lowest BCUT2D eigenvalue weighted by Crippen LogP contribution is -2.31. The highest BCUT2D eigenvalue weighted by molar-refractivity contribution is 5.64. The van der Waals surface area contributed by atoms with E-state index in [1.165, 1.54) is 16.8 Å². The molecule has 0 bridgehead atoms. The average molecular weight is 184 g/mol. The van der Waals surface area contributed by atoms with Crippen molar-refractivity contribution in [1.29, 1.82) is 0 Å². The van der Waals surface area contributed by atoms with E-state index in [1.54, 1.807) is 0 Å². The number of benzene rings is 1. The highest BCUT2D eigenvalue weighted by atomic mass is 14.9. The summed E-state index contributed by atoms with van der Waals surface area (Å²) in [4.78, 5) is 0. The van der Waals surface area contributed by atoms with Gasteiger partial charge in [0.1, 0.15) is 7.05 Å². The van der Waals surface area contributed by atoms with Crippen LogP contribution < -0.4 is 4.57 Å². The minimum atomic E-state index is 1.28. The first-order valence-corrected chi connectivity index (χ1v) is 4.80. The summed E-state index contributed by atoms with van der Waals surface area (Å²) in [6.07, 6.45) is 2.07. The zero-order valence-electron chi connectivity index (χ0n) is 8.57. The molecule has 1 heteroatoms. The minimum absolute atomic E-state index is 1.28. The van der Waals surface area contributed by atoms with Gasteiger partial charge in [-0.2, -0.15) is 0 Å². The van der Waals surface area contributed by atoms with Gasteiger partial charge in [-0.1, -0.05) is 30.3 Å². The van der Waals surface area contributed by atoms with Gasteiger partial charge in [-0.3, -0.25) is 0 Å². The normalized spacial score (nSPS) is 10.1. The van der Waals surface area contributed by atoms with Crippen molar-refractivity contribution >= 4 is 0 Å². The SMILES string of the molecule is Cc1c(-c2ccccc2)ccc[n+]1C. The molecule has 0 aliphatic rings. The number of aryl methyl sites for hydroxylation is 1. The van der Waals surface area contributed by atoms with Crippen LogP contribution in [0.3, 0.4) is 0 Å². The second-order valence-corrected chi connectivity index (χ2v) is 3.48. The van der Waals surface area contributed by atoms with E-state index in [0.717, 1.165) is 0 Å². The predicted molar refractivity (Wildman–Crippen MR) is 57.8 cm³/mol. The van der Waals surface area contributed by atoms with Crippen molar-refractivity contribution in [2.45, 2.75) is 6.92 Å². The molecule has 0 unspecified atom stereocenters. The van der Waals surface area contributed by atoms with Gasteiger partial charge in [0.05, 0.1) is 0 Å². The maximum atomic E-state index is 2.16. The molecule has 0 N–H and O–H groups in total. The molecule has 0 aliphatic heterocycles. The van der Waals surface area contributed by atoms with Gasteiger partial charge in [0.25, 0.3) is 0 Å². The fourth-order valence-corrected chi connectivity index (χ4v) is 1.61. The van der Waals surface area contributed by atoms with Crippen LogP contribution in [0.4, 0.5) is 0 Å². The molecule has 14 heavy (non-hydrogen) atoms. The van der Waals surface area contributed by atoms with Crippen LogP contribution in [-0.4, -0.2) is 0 Å². The van der Waals surface area contributed by atoms with Crippen LogP contribution in [0.5, 0.6) is 0 Å². The van der Waals surface area contributed by atoms with E-state index in [0.29, 0.717) is 0 Å². The quantitative estimate of drug-likeness (QED) is 0.599. The van der Waals surface area contributed by atoms with E-state index in [9.17, 15) is 0 Å². The van der Waals surface area contributed by atoms with Crippen molar-refractivity contribution < 1.29 is 4.57 Å². The Balaban J connectivity index is 2.58. The van der Waals surface area contributed by atoms with Crippen LogP contribution in [0.25, 0.3) is 11.1 Å². The standard InChI is InChI=1S/C13H14N/c1-11-13(9-6-10-14(11)2)12-7-4-3-5-8-12/h3-10H,1-2H3/q+1. The van der Waals surface area contributed by atoms with E-state index in [4.69, 9.17) is 0 Å². The summed E-state index contributed by atoms with van der Waals surface area (Å²) in [5.74, 6) is 0. The molecule has 0 saturated carbocycles. The molecule has 1 aromatic heterocycles. The molecule has 0 amide bonds. The largest absolute Gasteiger partial charge is 0.205 e. The van der Waals surface area contributed by atoms with Gasteiger partial charge in [-0.15, -0.1) is 0 Å². The minimum Gasteiger partial charge on any atom is -0.205 e. The number of aromatic nitrogens is 1. The molecule has 2 rings (SSSR count). The Labute approximate surface area is 84.6 Å². The van der Waals surface area contributed by atoms with E-state index >= 15 is 0 Å². The first-order chi connectivity index (χ1) is 6.79. The lowest BCUT2D eigenvalue weighted by Gasteiger charge is -2.02. The van der Waals surface area contributed by atoms with Crippen LogP contribution in [0, 0.1) is 6.92 Å². The fraction of sp³-hybridized carbons (Fsp3) is 0.154. The zero-order valence-corrected chi connectivity index (χ0v) is 8.57. The topological polar surface area (TPSA) is 3.88 Å². The van der Waals surface area contributed by atoms with Crippen LogP contribution >= 0.6 is 0 Å². The van der Waals surface area contributed by atoms with Crippen LogP contribution in [0.2, 0.25) is 0 Å². The molecule has 1 nitrogen and oxygen atoms in total. The maximum absolute atomic E-state index is 2.16. The molecule has 70 valence electrons. The molecule has 2 aromatic rings. The molecule has 1 heterocycles. The molecule has 0 fully saturated rings. The Morgan fingerprint density at radius 2 is 1.64 bits per heavy atom. The third-order valence-electron chi connectivity index (χ3n) is 2.58. The second kappa shape index (κ2) is 3.62. The number of hydrogen-bond acceptors (Lipinski definition) is 0. The second-order valence-electron chi connectivity index (χ2n) is 3.48. The smallest absolute Gasteiger partial charge is 0.185 e. The van der Waals surface area contributed by atoms with Crippen molar-refractivity contribution in [3.63, 3.8) is 0 Å². The van der Waals surface area contributed by atoms with Gasteiger partial charge in [-0.25, -0.2) is 4.57 Å². The number of rotatable bonds is 1. The van der Waals surface area contributed by atoms with Crippen molar-refractivity contribution in [3.05, 3.63) is 54.4 Å². The third-order valence-corrected chi connectivity index (χ3v) is 2.58. The zero-order chi connectivity index (χ0) is 9.97. The predicted octanol–water partition coefficient (Wildman–Crippen LogP) is 2.49. The molecule has 0 spiro atoms. The fourth-order valence-electron chi connectivity index (χ4n) is 1.61. The van der Waals surface area contributed by atoms with Crippen molar-refractivity contribution in [3.8, 4) is 11.1 Å². The molecular formula is C13H14N+. The molecule has 0 aliphatic carbocycles. The van der Waals surface area contributed by atoms with E-state index < -0.39 is 0 Å². The van der Waals surface area contributed by atoms with Crippen molar-refractivity contribution in [2.75, 3.05) is 0 Å². The van der Waals surface area contributed by atoms with Crippen LogP contribution in [-0.2, 0) is 7.05 Å². The Morgan fingerprint density at radius 1 is 0.929 bits per heavy atom. The first-order valence-electron chi connectivity index (χ1n) is 4.80. The van der Waals surface area contributed by atoms with Crippen LogP contribution in [0.15, 0.2) is 48.7 Å². The van der Waals surface area contributed by atoms with Gasteiger partial charge < -0.3 is 0 Å². The molecule has 0 atom stereocenters. The summed E-state index contributed by atoms with van der Waals surface area (Å²) in [6, 6.07) is 14.7. The molecule has 0 saturated heterocycles. The van der Waals surface area contributed by atoms with Gasteiger partial charge in [0, 0.05) is 18.6 Å². The van der Waals surface area contributed by atoms with Gasteiger partial charge in [0.15, 0.2) is 11.9 Å². The lowest BCUT2D eigenvalue weighted by molar-refractivity contribution is -0.677. The van der Waals surface area contributed by atoms with E-state index in [2.05, 4.69) is 61.1 Å². The Bertz CT molecular complexity index is 432. The monoisotopic (exact) mass is 184 g/mol. The van der Waals surface area contributed by atoms with Gasteiger partial charge >= 0.3 is 0 Å². The summed E-state index contributed by atoms with van der Waals surface area (Å²) >= 11 is 0. The van der Waals surface area contributed by atoms with E-state index in [-0.39, 0.29) is 0 Å². The Morgan fingerprint density at radius 3 is 2.36 bits per heavy atom. The third kappa shape index (κ3) is 1.53. The summed E-state index contributed by atoms with van der Waals surface area (Å²) in [5.41, 5.74) is 3.87. The summed E-state index contributed by atoms with van der Waals surface area (Å²) in [6.45, 7) is 2.14. The summed E-state index contributed by atoms with van der Waals surface area (Å²) in [5, 5.41) is 0. The lowest BCUT2D eigenvalue weighted by atomic mass is 10.0. The van der Waals surface area contributed by atoms with Gasteiger partial charge in [-0.05, 0) is 11.6 Å². The summed E-state index contributed by atoms with van der Waals surface area (Å²) in [7, 11) is 2.07. The first kappa shape index (κ1) is 8.95. The van der Waals surface area contributed by atoms with Gasteiger partial charge in [0.2, 0.25) is 0 Å². The highest BCUT2D eigenvalue weighted by Gasteiger charge is 2.07.